The fraction of sp³-hybridized carbons (Fsp3) is 0.375. The Balaban J connectivity index is 2.03. The highest BCUT2D eigenvalue weighted by Gasteiger charge is 2.14. The minimum absolute atomic E-state index is 0.140. The number of para-hydroxylation sites is 1. The number of benzene rings is 1. The van der Waals surface area contributed by atoms with Crippen LogP contribution in [0.3, 0.4) is 0 Å². The number of pyridine rings is 1. The lowest BCUT2D eigenvalue weighted by atomic mass is 10.1. The number of ketones is 1. The number of carbonyl (C=O) groups is 1. The van der Waals surface area contributed by atoms with Crippen molar-refractivity contribution in [3.63, 3.8) is 0 Å². The molecule has 0 bridgehead atoms. The fourth-order valence-electron chi connectivity index (χ4n) is 2.58. The number of hydrogen-bond acceptors (Lipinski definition) is 4. The molecular weight excluding hydrogens is 252 g/mol. The van der Waals surface area contributed by atoms with Crippen LogP contribution < -0.4 is 4.90 Å². The highest BCUT2D eigenvalue weighted by atomic mass is 16.5. The van der Waals surface area contributed by atoms with E-state index in [-0.39, 0.29) is 5.78 Å². The molecule has 1 aromatic carbocycles. The number of rotatable bonds is 3. The van der Waals surface area contributed by atoms with Gasteiger partial charge in [-0.3, -0.25) is 9.78 Å². The van der Waals surface area contributed by atoms with Crippen molar-refractivity contribution >= 4 is 22.4 Å². The van der Waals surface area contributed by atoms with Crippen LogP contribution in [0, 0.1) is 0 Å². The van der Waals surface area contributed by atoms with Crippen LogP contribution in [0.2, 0.25) is 0 Å². The smallest absolute Gasteiger partial charge is 0.135 e. The second kappa shape index (κ2) is 5.59. The number of hydrogen-bond donors (Lipinski definition) is 0. The van der Waals surface area contributed by atoms with Gasteiger partial charge in [0.15, 0.2) is 0 Å². The predicted molar refractivity (Wildman–Crippen MR) is 79.2 cm³/mol. The molecule has 0 atom stereocenters. The molecule has 0 N–H and O–H groups in total. The van der Waals surface area contributed by atoms with E-state index in [1.807, 2.05) is 12.1 Å². The Morgan fingerprint density at radius 2 is 2.05 bits per heavy atom. The zero-order valence-electron chi connectivity index (χ0n) is 11.6. The molecule has 1 saturated heterocycles. The Labute approximate surface area is 118 Å². The van der Waals surface area contributed by atoms with Crippen molar-refractivity contribution in [2.24, 2.45) is 0 Å². The molecule has 1 fully saturated rings. The van der Waals surface area contributed by atoms with Gasteiger partial charge in [-0.1, -0.05) is 18.2 Å². The second-order valence-corrected chi connectivity index (χ2v) is 5.13. The van der Waals surface area contributed by atoms with Crippen molar-refractivity contribution in [1.29, 1.82) is 0 Å². The summed E-state index contributed by atoms with van der Waals surface area (Å²) in [5.41, 5.74) is 2.95. The van der Waals surface area contributed by atoms with Gasteiger partial charge in [0.1, 0.15) is 5.78 Å². The van der Waals surface area contributed by atoms with E-state index >= 15 is 0 Å². The minimum Gasteiger partial charge on any atom is -0.378 e. The van der Waals surface area contributed by atoms with Crippen LogP contribution in [0.5, 0.6) is 0 Å². The van der Waals surface area contributed by atoms with Gasteiger partial charge in [-0.2, -0.15) is 0 Å². The molecule has 0 spiro atoms. The second-order valence-electron chi connectivity index (χ2n) is 5.13. The number of aromatic nitrogens is 1. The van der Waals surface area contributed by atoms with Crippen molar-refractivity contribution in [3.05, 3.63) is 36.0 Å². The molecule has 1 aromatic heterocycles. The van der Waals surface area contributed by atoms with Gasteiger partial charge < -0.3 is 9.64 Å². The number of anilines is 1. The molecule has 0 unspecified atom stereocenters. The van der Waals surface area contributed by atoms with Gasteiger partial charge in [-0.05, 0) is 19.1 Å². The average molecular weight is 270 g/mol. The zero-order chi connectivity index (χ0) is 13.9. The number of fused-ring (bicyclic) bond motifs is 1. The molecule has 20 heavy (non-hydrogen) atoms. The van der Waals surface area contributed by atoms with Crippen LogP contribution in [0.25, 0.3) is 10.9 Å². The SMILES string of the molecule is CC(=O)Cc1ccc2cccc(N3CCOCC3)c2n1. The van der Waals surface area contributed by atoms with Crippen LogP contribution in [0.1, 0.15) is 12.6 Å². The lowest BCUT2D eigenvalue weighted by Gasteiger charge is -2.29. The predicted octanol–water partition coefficient (Wildman–Crippen LogP) is 2.20. The van der Waals surface area contributed by atoms with Gasteiger partial charge in [-0.15, -0.1) is 0 Å². The number of morpholine rings is 1. The van der Waals surface area contributed by atoms with Crippen molar-refractivity contribution < 1.29 is 9.53 Å². The summed E-state index contributed by atoms with van der Waals surface area (Å²) in [5.74, 6) is 0.140. The number of nitrogens with zero attached hydrogens (tertiary/aromatic N) is 2. The molecule has 0 saturated carbocycles. The van der Waals surface area contributed by atoms with E-state index in [1.54, 1.807) is 6.92 Å². The first-order valence-corrected chi connectivity index (χ1v) is 6.95. The molecule has 0 aliphatic carbocycles. The summed E-state index contributed by atoms with van der Waals surface area (Å²) in [5, 5.41) is 1.11. The maximum absolute atomic E-state index is 11.3. The van der Waals surface area contributed by atoms with Crippen LogP contribution in [-0.2, 0) is 16.0 Å². The lowest BCUT2D eigenvalue weighted by Crippen LogP contribution is -2.36. The molecular formula is C16H18N2O2. The summed E-state index contributed by atoms with van der Waals surface area (Å²) in [6.45, 7) is 4.88. The van der Waals surface area contributed by atoms with E-state index in [1.165, 1.54) is 0 Å². The van der Waals surface area contributed by atoms with Gasteiger partial charge in [0.25, 0.3) is 0 Å². The quantitative estimate of drug-likeness (QED) is 0.857. The third kappa shape index (κ3) is 2.65. The number of carbonyl (C=O) groups excluding carboxylic acids is 1. The molecule has 2 heterocycles. The Bertz CT molecular complexity index is 633. The monoisotopic (exact) mass is 270 g/mol. The van der Waals surface area contributed by atoms with Crippen LogP contribution in [0.4, 0.5) is 5.69 Å². The maximum atomic E-state index is 11.3. The fourth-order valence-corrected chi connectivity index (χ4v) is 2.58. The summed E-state index contributed by atoms with van der Waals surface area (Å²) < 4.78 is 5.40. The highest BCUT2D eigenvalue weighted by molar-refractivity contribution is 5.91. The average Bonchev–Trinajstić information content (AvgIpc) is 2.47. The maximum Gasteiger partial charge on any atom is 0.135 e. The third-order valence-electron chi connectivity index (χ3n) is 3.54. The summed E-state index contributed by atoms with van der Waals surface area (Å²) in [4.78, 5) is 18.3. The Kier molecular flexibility index (Phi) is 3.65. The number of Topliss-reactive ketones (excluding diaryl/α,β-unsaturated/α-hetero) is 1. The van der Waals surface area contributed by atoms with E-state index in [0.717, 1.165) is 48.6 Å². The highest BCUT2D eigenvalue weighted by Crippen LogP contribution is 2.26. The largest absolute Gasteiger partial charge is 0.378 e. The first-order valence-electron chi connectivity index (χ1n) is 6.95. The zero-order valence-corrected chi connectivity index (χ0v) is 11.6. The number of ether oxygens (including phenoxy) is 1. The summed E-state index contributed by atoms with van der Waals surface area (Å²) in [6, 6.07) is 10.2. The van der Waals surface area contributed by atoms with E-state index in [2.05, 4.69) is 28.1 Å². The van der Waals surface area contributed by atoms with Crippen LogP contribution in [-0.4, -0.2) is 37.1 Å². The first kappa shape index (κ1) is 13.1. The standard InChI is InChI=1S/C16H18N2O2/c1-12(19)11-14-6-5-13-3-2-4-15(16(13)17-14)18-7-9-20-10-8-18/h2-6H,7-11H2,1H3. The molecule has 1 aliphatic heterocycles. The molecule has 2 aromatic rings. The van der Waals surface area contributed by atoms with Gasteiger partial charge >= 0.3 is 0 Å². The molecule has 4 nitrogen and oxygen atoms in total. The Morgan fingerprint density at radius 3 is 2.80 bits per heavy atom. The molecule has 1 aliphatic rings. The molecule has 104 valence electrons. The van der Waals surface area contributed by atoms with Crippen molar-refractivity contribution in [1.82, 2.24) is 4.98 Å². The summed E-state index contributed by atoms with van der Waals surface area (Å²) in [7, 11) is 0. The summed E-state index contributed by atoms with van der Waals surface area (Å²) in [6.07, 6.45) is 0.396. The molecule has 0 amide bonds. The van der Waals surface area contributed by atoms with Crippen LogP contribution >= 0.6 is 0 Å². The van der Waals surface area contributed by atoms with Gasteiger partial charge in [0.05, 0.1) is 24.4 Å². The van der Waals surface area contributed by atoms with E-state index in [4.69, 9.17) is 4.74 Å². The third-order valence-corrected chi connectivity index (χ3v) is 3.54. The van der Waals surface area contributed by atoms with E-state index in [0.29, 0.717) is 6.42 Å². The van der Waals surface area contributed by atoms with Gasteiger partial charge in [-0.25, -0.2) is 0 Å². The van der Waals surface area contributed by atoms with Gasteiger partial charge in [0, 0.05) is 30.6 Å². The molecule has 3 rings (SSSR count). The van der Waals surface area contributed by atoms with Crippen molar-refractivity contribution in [2.75, 3.05) is 31.2 Å². The van der Waals surface area contributed by atoms with Crippen LogP contribution in [0.15, 0.2) is 30.3 Å². The lowest BCUT2D eigenvalue weighted by molar-refractivity contribution is -0.116. The molecule has 4 heteroatoms. The van der Waals surface area contributed by atoms with E-state index in [9.17, 15) is 4.79 Å². The first-order chi connectivity index (χ1) is 9.74. The van der Waals surface area contributed by atoms with Crippen molar-refractivity contribution in [3.8, 4) is 0 Å². The van der Waals surface area contributed by atoms with Gasteiger partial charge in [0.2, 0.25) is 0 Å². The Hall–Kier alpha value is -1.94. The minimum atomic E-state index is 0.140. The molecule has 0 radical (unpaired) electrons. The normalized spacial score (nSPS) is 15.6. The Morgan fingerprint density at radius 1 is 1.25 bits per heavy atom. The van der Waals surface area contributed by atoms with Crippen molar-refractivity contribution in [2.45, 2.75) is 13.3 Å². The van der Waals surface area contributed by atoms with E-state index < -0.39 is 0 Å². The topological polar surface area (TPSA) is 42.4 Å². The summed E-state index contributed by atoms with van der Waals surface area (Å²) >= 11 is 0.